The molecule has 0 aromatic carbocycles. The number of nitrogens with zero attached hydrogens (tertiary/aromatic N) is 6. The van der Waals surface area contributed by atoms with E-state index in [-0.39, 0.29) is 6.04 Å². The quantitative estimate of drug-likeness (QED) is 0.270. The maximum Gasteiger partial charge on any atom is 0.191 e. The van der Waals surface area contributed by atoms with Crippen molar-refractivity contribution in [3.63, 3.8) is 0 Å². The minimum Gasteiger partial charge on any atom is -0.355 e. The van der Waals surface area contributed by atoms with Gasteiger partial charge in [0, 0.05) is 43.2 Å². The molecule has 8 nitrogen and oxygen atoms in total. The van der Waals surface area contributed by atoms with Crippen LogP contribution in [0.5, 0.6) is 0 Å². The number of hydrogen-bond acceptors (Lipinski definition) is 5. The van der Waals surface area contributed by atoms with Crippen LogP contribution >= 0.6 is 11.3 Å². The van der Waals surface area contributed by atoms with Gasteiger partial charge in [-0.2, -0.15) is 5.10 Å². The molecule has 0 radical (unpaired) electrons. The highest BCUT2D eigenvalue weighted by Gasteiger charge is 2.12. The van der Waals surface area contributed by atoms with Gasteiger partial charge in [-0.15, -0.1) is 21.5 Å². The van der Waals surface area contributed by atoms with Gasteiger partial charge in [0.05, 0.1) is 11.7 Å². The molecule has 0 aliphatic rings. The van der Waals surface area contributed by atoms with E-state index in [1.54, 1.807) is 17.7 Å². The minimum atomic E-state index is 0.253. The molecular weight excluding hydrogens is 408 g/mol. The molecule has 31 heavy (non-hydrogen) atoms. The second kappa shape index (κ2) is 11.6. The lowest BCUT2D eigenvalue weighted by molar-refractivity contribution is 0.562. The monoisotopic (exact) mass is 442 g/mol. The van der Waals surface area contributed by atoms with Crippen molar-refractivity contribution in [3.8, 4) is 0 Å². The Hall–Kier alpha value is -2.68. The zero-order valence-corrected chi connectivity index (χ0v) is 19.8. The molecule has 1 atom stereocenters. The number of rotatable bonds is 11. The van der Waals surface area contributed by atoms with Gasteiger partial charge in [-0.25, -0.2) is 0 Å². The first-order valence-electron chi connectivity index (χ1n) is 11.1. The molecule has 9 heteroatoms. The molecule has 2 N–H and O–H groups in total. The summed E-state index contributed by atoms with van der Waals surface area (Å²) in [4.78, 5) is 6.18. The van der Waals surface area contributed by atoms with Crippen molar-refractivity contribution < 1.29 is 0 Å². The Morgan fingerprint density at radius 1 is 1.26 bits per heavy atom. The number of hydrogen-bond donors (Lipinski definition) is 2. The number of thiophene rings is 1. The molecule has 3 rings (SSSR count). The highest BCUT2D eigenvalue weighted by atomic mass is 32.1. The largest absolute Gasteiger partial charge is 0.355 e. The van der Waals surface area contributed by atoms with E-state index >= 15 is 0 Å². The van der Waals surface area contributed by atoms with Gasteiger partial charge < -0.3 is 15.2 Å². The third-order valence-electron chi connectivity index (χ3n) is 5.16. The summed E-state index contributed by atoms with van der Waals surface area (Å²) in [7, 11) is 0. The zero-order valence-electron chi connectivity index (χ0n) is 19.0. The fraction of sp³-hybridized carbons (Fsp3) is 0.545. The summed E-state index contributed by atoms with van der Waals surface area (Å²) >= 11 is 1.78. The van der Waals surface area contributed by atoms with Crippen LogP contribution in [0.15, 0.2) is 34.9 Å². The van der Waals surface area contributed by atoms with Gasteiger partial charge >= 0.3 is 0 Å². The lowest BCUT2D eigenvalue weighted by Gasteiger charge is -2.20. The number of aliphatic imine (C=N–C) groups is 1. The van der Waals surface area contributed by atoms with Gasteiger partial charge in [0.1, 0.15) is 12.2 Å². The predicted molar refractivity (Wildman–Crippen MR) is 127 cm³/mol. The SMILES string of the molecule is CCc1nncn1CCNC(=NCCCn1nc(C)cc1C)NC(CC)c1cccs1. The lowest BCUT2D eigenvalue weighted by Crippen LogP contribution is -2.41. The number of nitrogens with one attached hydrogen (secondary N) is 2. The summed E-state index contributed by atoms with van der Waals surface area (Å²) in [6.45, 7) is 11.6. The van der Waals surface area contributed by atoms with E-state index in [9.17, 15) is 0 Å². The van der Waals surface area contributed by atoms with Crippen molar-refractivity contribution in [2.24, 2.45) is 4.99 Å². The number of aryl methyl sites for hydroxylation is 4. The maximum absolute atomic E-state index is 4.85. The number of guanidine groups is 1. The Morgan fingerprint density at radius 3 is 2.81 bits per heavy atom. The summed E-state index contributed by atoms with van der Waals surface area (Å²) in [5, 5.41) is 21.9. The molecule has 0 aliphatic heterocycles. The molecular formula is C22H34N8S. The lowest BCUT2D eigenvalue weighted by atomic mass is 10.2. The van der Waals surface area contributed by atoms with Gasteiger partial charge in [-0.3, -0.25) is 9.67 Å². The molecule has 168 valence electrons. The van der Waals surface area contributed by atoms with Crippen LogP contribution in [0.4, 0.5) is 0 Å². The number of aromatic nitrogens is 5. The van der Waals surface area contributed by atoms with Crippen LogP contribution in [0.25, 0.3) is 0 Å². The Balaban J connectivity index is 1.59. The molecule has 3 aromatic heterocycles. The predicted octanol–water partition coefficient (Wildman–Crippen LogP) is 3.49. The van der Waals surface area contributed by atoms with Crippen LogP contribution in [-0.4, -0.2) is 43.6 Å². The third kappa shape index (κ3) is 6.65. The topological polar surface area (TPSA) is 85.0 Å². The third-order valence-corrected chi connectivity index (χ3v) is 6.15. The molecule has 1 unspecified atom stereocenters. The first kappa shape index (κ1) is 23.0. The first-order chi connectivity index (χ1) is 15.1. The molecule has 0 spiro atoms. The van der Waals surface area contributed by atoms with Crippen molar-refractivity contribution in [2.75, 3.05) is 13.1 Å². The maximum atomic E-state index is 4.85. The smallest absolute Gasteiger partial charge is 0.191 e. The van der Waals surface area contributed by atoms with Crippen molar-refractivity contribution in [2.45, 2.75) is 66.1 Å². The molecule has 0 fully saturated rings. The van der Waals surface area contributed by atoms with Crippen LogP contribution in [-0.2, 0) is 19.5 Å². The highest BCUT2D eigenvalue weighted by Crippen LogP contribution is 2.21. The van der Waals surface area contributed by atoms with Crippen molar-refractivity contribution in [1.29, 1.82) is 0 Å². The Bertz CT molecular complexity index is 941. The van der Waals surface area contributed by atoms with E-state index in [0.29, 0.717) is 0 Å². The van der Waals surface area contributed by atoms with E-state index in [0.717, 1.165) is 62.9 Å². The van der Waals surface area contributed by atoms with E-state index in [1.807, 2.05) is 6.92 Å². The second-order valence-electron chi connectivity index (χ2n) is 7.58. The van der Waals surface area contributed by atoms with E-state index in [4.69, 9.17) is 4.99 Å². The summed E-state index contributed by atoms with van der Waals surface area (Å²) in [5.74, 6) is 1.85. The zero-order chi connectivity index (χ0) is 22.1. The molecule has 3 heterocycles. The standard InChI is InChI=1S/C22H34N8S/c1-5-19(20-9-7-14-31-20)26-22(24-11-13-29-16-25-27-21(29)6-2)23-10-8-12-30-18(4)15-17(3)28-30/h7,9,14-16,19H,5-6,8,10-13H2,1-4H3,(H2,23,24,26). The van der Waals surface area contributed by atoms with E-state index < -0.39 is 0 Å². The first-order valence-corrected chi connectivity index (χ1v) is 11.9. The summed E-state index contributed by atoms with van der Waals surface area (Å²) in [6, 6.07) is 6.64. The van der Waals surface area contributed by atoms with Crippen molar-refractivity contribution >= 4 is 17.3 Å². The molecule has 0 aliphatic carbocycles. The average molecular weight is 443 g/mol. The normalized spacial score (nSPS) is 12.8. The highest BCUT2D eigenvalue weighted by molar-refractivity contribution is 7.10. The van der Waals surface area contributed by atoms with Crippen LogP contribution in [0.1, 0.15) is 54.8 Å². The summed E-state index contributed by atoms with van der Waals surface area (Å²) in [5.41, 5.74) is 2.26. The second-order valence-corrected chi connectivity index (χ2v) is 8.55. The van der Waals surface area contributed by atoms with Crippen molar-refractivity contribution in [1.82, 2.24) is 35.2 Å². The molecule has 0 amide bonds. The van der Waals surface area contributed by atoms with Crippen LogP contribution in [0, 0.1) is 13.8 Å². The molecule has 0 bridgehead atoms. The van der Waals surface area contributed by atoms with Gasteiger partial charge in [0.2, 0.25) is 0 Å². The molecule has 3 aromatic rings. The van der Waals surface area contributed by atoms with E-state index in [2.05, 4.69) is 79.5 Å². The van der Waals surface area contributed by atoms with Gasteiger partial charge in [-0.1, -0.05) is 19.9 Å². The summed E-state index contributed by atoms with van der Waals surface area (Å²) < 4.78 is 4.15. The van der Waals surface area contributed by atoms with E-state index in [1.165, 1.54) is 10.6 Å². The average Bonchev–Trinajstić information content (AvgIpc) is 3.50. The fourth-order valence-electron chi connectivity index (χ4n) is 3.53. The van der Waals surface area contributed by atoms with Crippen LogP contribution < -0.4 is 10.6 Å². The van der Waals surface area contributed by atoms with Gasteiger partial charge in [0.15, 0.2) is 5.96 Å². The molecule has 0 saturated carbocycles. The minimum absolute atomic E-state index is 0.253. The Kier molecular flexibility index (Phi) is 8.63. The van der Waals surface area contributed by atoms with Crippen molar-refractivity contribution in [3.05, 3.63) is 52.0 Å². The molecule has 0 saturated heterocycles. The van der Waals surface area contributed by atoms with Crippen LogP contribution in [0.3, 0.4) is 0 Å². The van der Waals surface area contributed by atoms with Crippen LogP contribution in [0.2, 0.25) is 0 Å². The van der Waals surface area contributed by atoms with Gasteiger partial charge in [0.25, 0.3) is 0 Å². The van der Waals surface area contributed by atoms with Gasteiger partial charge in [-0.05, 0) is 44.2 Å². The summed E-state index contributed by atoms with van der Waals surface area (Å²) in [6.07, 6.45) is 4.61. The Labute approximate surface area is 188 Å². The fourth-order valence-corrected chi connectivity index (χ4v) is 4.39. The Morgan fingerprint density at radius 2 is 2.13 bits per heavy atom.